The first-order valence-corrected chi connectivity index (χ1v) is 9.82. The van der Waals surface area contributed by atoms with E-state index in [0.29, 0.717) is 27.1 Å². The summed E-state index contributed by atoms with van der Waals surface area (Å²) in [6, 6.07) is 9.52. The molecule has 2 aromatic carbocycles. The molecule has 0 spiro atoms. The van der Waals surface area contributed by atoms with Crippen LogP contribution in [0.15, 0.2) is 36.4 Å². The first-order chi connectivity index (χ1) is 13.3. The third kappa shape index (κ3) is 6.03. The lowest BCUT2D eigenvalue weighted by Gasteiger charge is -2.07. The fourth-order valence-electron chi connectivity index (χ4n) is 2.26. The van der Waals surface area contributed by atoms with Crippen LogP contribution in [0.5, 0.6) is 11.5 Å². The predicted molar refractivity (Wildman–Crippen MR) is 107 cm³/mol. The van der Waals surface area contributed by atoms with Crippen LogP contribution in [0.1, 0.15) is 46.4 Å². The average molecular weight is 444 g/mol. The van der Waals surface area contributed by atoms with Gasteiger partial charge in [0.2, 0.25) is 0 Å². The molecule has 2 aliphatic carbocycles. The standard InChI is InChI=1S/C10H8Cl2O2.C10H9ClO3/c2*11-6-1-4-9(14-7-2-3-7)8(5-6)10(12)13/h1,4-5,7H,2-3H2;1,4-5,7H,2-3H2,(H,12,13). The van der Waals surface area contributed by atoms with Crippen molar-refractivity contribution in [3.8, 4) is 11.5 Å². The van der Waals surface area contributed by atoms with Crippen LogP contribution in [0, 0.1) is 0 Å². The van der Waals surface area contributed by atoms with Gasteiger partial charge >= 0.3 is 5.97 Å². The van der Waals surface area contributed by atoms with Crippen LogP contribution in [-0.4, -0.2) is 28.5 Å². The molecule has 0 unspecified atom stereocenters. The van der Waals surface area contributed by atoms with Crippen LogP contribution in [0.3, 0.4) is 0 Å². The molecule has 2 saturated carbocycles. The minimum absolute atomic E-state index is 0.129. The predicted octanol–water partition coefficient (Wildman–Crippen LogP) is 5.84. The molecular weight excluding hydrogens is 427 g/mol. The first-order valence-electron chi connectivity index (χ1n) is 8.69. The van der Waals surface area contributed by atoms with Gasteiger partial charge in [-0.25, -0.2) is 4.79 Å². The monoisotopic (exact) mass is 442 g/mol. The second-order valence-electron chi connectivity index (χ2n) is 6.49. The Kier molecular flexibility index (Phi) is 6.70. The lowest BCUT2D eigenvalue weighted by atomic mass is 10.2. The highest BCUT2D eigenvalue weighted by atomic mass is 35.5. The molecule has 2 aliphatic rings. The normalized spacial score (nSPS) is 15.2. The number of ether oxygens (including phenoxy) is 2. The zero-order valence-electron chi connectivity index (χ0n) is 14.7. The molecule has 0 atom stereocenters. The SMILES string of the molecule is O=C(Cl)c1cc(Cl)ccc1OC1CC1.O=C(O)c1cc(Cl)ccc1OC1CC1. The van der Waals surface area contributed by atoms with E-state index in [1.54, 1.807) is 24.3 Å². The van der Waals surface area contributed by atoms with E-state index in [4.69, 9.17) is 49.4 Å². The van der Waals surface area contributed by atoms with Gasteiger partial charge in [0.1, 0.15) is 17.1 Å². The summed E-state index contributed by atoms with van der Waals surface area (Å²) in [6.45, 7) is 0. The van der Waals surface area contributed by atoms with E-state index in [2.05, 4.69) is 0 Å². The third-order valence-corrected chi connectivity index (χ3v) is 4.64. The molecule has 0 radical (unpaired) electrons. The molecule has 1 N–H and O–H groups in total. The van der Waals surface area contributed by atoms with E-state index >= 15 is 0 Å². The second-order valence-corrected chi connectivity index (χ2v) is 7.71. The maximum atomic E-state index is 11.0. The van der Waals surface area contributed by atoms with Crippen LogP contribution >= 0.6 is 34.8 Å². The van der Waals surface area contributed by atoms with E-state index in [0.717, 1.165) is 25.7 Å². The van der Waals surface area contributed by atoms with Crippen LogP contribution in [0.4, 0.5) is 0 Å². The second kappa shape index (κ2) is 9.03. The van der Waals surface area contributed by atoms with Gasteiger partial charge in [0.25, 0.3) is 5.24 Å². The fraction of sp³-hybridized carbons (Fsp3) is 0.300. The van der Waals surface area contributed by atoms with Crippen LogP contribution in [-0.2, 0) is 0 Å². The number of rotatable bonds is 6. The molecule has 0 saturated heterocycles. The van der Waals surface area contributed by atoms with Crippen LogP contribution in [0.25, 0.3) is 0 Å². The van der Waals surface area contributed by atoms with Gasteiger partial charge in [0, 0.05) is 10.0 Å². The summed E-state index contributed by atoms with van der Waals surface area (Å²) >= 11 is 16.8. The maximum Gasteiger partial charge on any atom is 0.339 e. The smallest absolute Gasteiger partial charge is 0.339 e. The summed E-state index contributed by atoms with van der Waals surface area (Å²) in [5.74, 6) is -0.0792. The van der Waals surface area contributed by atoms with E-state index in [1.165, 1.54) is 12.1 Å². The molecule has 2 fully saturated rings. The Labute approximate surface area is 177 Å². The topological polar surface area (TPSA) is 72.8 Å². The molecule has 0 bridgehead atoms. The lowest BCUT2D eigenvalue weighted by Crippen LogP contribution is -2.04. The summed E-state index contributed by atoms with van der Waals surface area (Å²) in [6.07, 6.45) is 4.51. The summed E-state index contributed by atoms with van der Waals surface area (Å²) in [5.41, 5.74) is 0.468. The summed E-state index contributed by atoms with van der Waals surface area (Å²) < 4.78 is 10.9. The van der Waals surface area contributed by atoms with Gasteiger partial charge in [0.15, 0.2) is 0 Å². The lowest BCUT2D eigenvalue weighted by molar-refractivity contribution is 0.0691. The maximum absolute atomic E-state index is 11.0. The van der Waals surface area contributed by atoms with Crippen LogP contribution in [0.2, 0.25) is 10.0 Å². The molecule has 28 heavy (non-hydrogen) atoms. The van der Waals surface area contributed by atoms with E-state index in [9.17, 15) is 9.59 Å². The minimum atomic E-state index is -1.01. The molecule has 4 rings (SSSR count). The summed E-state index contributed by atoms with van der Waals surface area (Å²) in [7, 11) is 0. The van der Waals surface area contributed by atoms with Gasteiger partial charge in [-0.2, -0.15) is 0 Å². The molecule has 0 aliphatic heterocycles. The van der Waals surface area contributed by atoms with Crippen molar-refractivity contribution in [1.29, 1.82) is 0 Å². The molecule has 0 heterocycles. The number of hydrogen-bond donors (Lipinski definition) is 1. The number of aromatic carboxylic acids is 1. The van der Waals surface area contributed by atoms with E-state index < -0.39 is 11.2 Å². The highest BCUT2D eigenvalue weighted by Gasteiger charge is 2.26. The Balaban J connectivity index is 0.000000161. The van der Waals surface area contributed by atoms with E-state index in [1.807, 2.05) is 0 Å². The average Bonchev–Trinajstić information content (AvgIpc) is 3.55. The van der Waals surface area contributed by atoms with Crippen molar-refractivity contribution in [2.75, 3.05) is 0 Å². The van der Waals surface area contributed by atoms with Crippen molar-refractivity contribution in [2.45, 2.75) is 37.9 Å². The Morgan fingerprint density at radius 2 is 1.25 bits per heavy atom. The van der Waals surface area contributed by atoms with Crippen LogP contribution < -0.4 is 9.47 Å². The Bertz CT molecular complexity index is 818. The quantitative estimate of drug-likeness (QED) is 0.568. The molecule has 5 nitrogen and oxygen atoms in total. The minimum Gasteiger partial charge on any atom is -0.490 e. The zero-order valence-corrected chi connectivity index (χ0v) is 16.9. The van der Waals surface area contributed by atoms with Gasteiger partial charge in [-0.05, 0) is 73.7 Å². The van der Waals surface area contributed by atoms with Gasteiger partial charge in [-0.1, -0.05) is 23.2 Å². The number of hydrogen-bond acceptors (Lipinski definition) is 4. The fourth-order valence-corrected chi connectivity index (χ4v) is 2.75. The highest BCUT2D eigenvalue weighted by molar-refractivity contribution is 6.68. The van der Waals surface area contributed by atoms with E-state index in [-0.39, 0.29) is 17.8 Å². The third-order valence-electron chi connectivity index (χ3n) is 3.96. The Morgan fingerprint density at radius 1 is 0.821 bits per heavy atom. The number of benzene rings is 2. The van der Waals surface area contributed by atoms with Gasteiger partial charge in [-0.15, -0.1) is 0 Å². The molecule has 0 amide bonds. The summed E-state index contributed by atoms with van der Waals surface area (Å²) in [5, 5.41) is 9.24. The van der Waals surface area contributed by atoms with Crippen molar-refractivity contribution in [1.82, 2.24) is 0 Å². The molecule has 8 heteroatoms. The number of halogens is 3. The van der Waals surface area contributed by atoms with Gasteiger partial charge in [0.05, 0.1) is 17.8 Å². The molecule has 148 valence electrons. The Morgan fingerprint density at radius 3 is 1.64 bits per heavy atom. The van der Waals surface area contributed by atoms with Crippen molar-refractivity contribution in [3.63, 3.8) is 0 Å². The highest BCUT2D eigenvalue weighted by Crippen LogP contribution is 2.32. The van der Waals surface area contributed by atoms with Crippen molar-refractivity contribution in [2.24, 2.45) is 0 Å². The zero-order chi connectivity index (χ0) is 20.3. The van der Waals surface area contributed by atoms with Gasteiger partial charge < -0.3 is 14.6 Å². The van der Waals surface area contributed by atoms with Crippen molar-refractivity contribution in [3.05, 3.63) is 57.6 Å². The van der Waals surface area contributed by atoms with Gasteiger partial charge in [-0.3, -0.25) is 4.79 Å². The number of carbonyl (C=O) groups excluding carboxylic acids is 1. The molecular formula is C20H17Cl3O5. The Hall–Kier alpha value is -1.95. The first kappa shape index (κ1) is 20.8. The molecule has 0 aromatic heterocycles. The number of carboxylic acid groups (broad SMARTS) is 1. The summed E-state index contributed by atoms with van der Waals surface area (Å²) in [4.78, 5) is 21.9. The number of carboxylic acids is 1. The molecule has 2 aromatic rings. The largest absolute Gasteiger partial charge is 0.490 e. The van der Waals surface area contributed by atoms with Crippen molar-refractivity contribution < 1.29 is 24.2 Å². The number of carbonyl (C=O) groups is 2. The van der Waals surface area contributed by atoms with Crippen molar-refractivity contribution >= 4 is 46.0 Å².